The molecule has 4 rings (SSSR count). The number of nitrogens with one attached hydrogen (secondary N) is 1. The fraction of sp³-hybridized carbons (Fsp3) is 0.304. The third-order valence-corrected chi connectivity index (χ3v) is 5.35. The second-order valence-corrected chi connectivity index (χ2v) is 7.37. The second-order valence-electron chi connectivity index (χ2n) is 7.37. The van der Waals surface area contributed by atoms with Gasteiger partial charge in [-0.2, -0.15) is 0 Å². The Labute approximate surface area is 164 Å². The maximum atomic E-state index is 13.9. The first kappa shape index (κ1) is 18.7. The number of quaternary nitrogens is 1. The van der Waals surface area contributed by atoms with E-state index in [9.17, 15) is 9.50 Å². The topological polar surface area (TPSA) is 37.1 Å². The summed E-state index contributed by atoms with van der Waals surface area (Å²) >= 11 is 0. The summed E-state index contributed by atoms with van der Waals surface area (Å²) in [4.78, 5) is 3.40. The number of ether oxygens (including phenoxy) is 1. The van der Waals surface area contributed by atoms with Gasteiger partial charge in [0.1, 0.15) is 30.8 Å². The van der Waals surface area contributed by atoms with Crippen LogP contribution in [0, 0.1) is 5.82 Å². The molecule has 1 atom stereocenters. The van der Waals surface area contributed by atoms with Crippen molar-refractivity contribution in [1.29, 1.82) is 0 Å². The molecule has 1 aliphatic heterocycles. The number of fused-ring (bicyclic) bond motifs is 1. The van der Waals surface area contributed by atoms with Gasteiger partial charge in [0.2, 0.25) is 0 Å². The summed E-state index contributed by atoms with van der Waals surface area (Å²) in [6.07, 6.45) is -0.526. The predicted octanol–water partition coefficient (Wildman–Crippen LogP) is 2.12. The normalized spacial score (nSPS) is 16.3. The van der Waals surface area contributed by atoms with Crippen LogP contribution in [-0.2, 0) is 0 Å². The lowest BCUT2D eigenvalue weighted by molar-refractivity contribution is -0.903. The minimum Gasteiger partial charge on any atom is -0.491 e. The average molecular weight is 381 g/mol. The molecule has 2 N–H and O–H groups in total. The Bertz CT molecular complexity index is 925. The summed E-state index contributed by atoms with van der Waals surface area (Å²) in [6, 6.07) is 21.0. The van der Waals surface area contributed by atoms with Gasteiger partial charge in [-0.05, 0) is 35.0 Å². The number of hydrogen-bond acceptors (Lipinski definition) is 3. The number of nitrogens with zero attached hydrogens (tertiary/aromatic N) is 1. The Balaban J connectivity index is 1.25. The number of anilines is 1. The van der Waals surface area contributed by atoms with Crippen molar-refractivity contribution in [1.82, 2.24) is 0 Å². The first-order chi connectivity index (χ1) is 13.7. The highest BCUT2D eigenvalue weighted by molar-refractivity contribution is 5.83. The zero-order valence-electron chi connectivity index (χ0n) is 15.9. The van der Waals surface area contributed by atoms with Gasteiger partial charge in [-0.15, -0.1) is 0 Å². The van der Waals surface area contributed by atoms with Crippen LogP contribution in [0.3, 0.4) is 0 Å². The van der Waals surface area contributed by atoms with Crippen LogP contribution in [0.5, 0.6) is 5.75 Å². The summed E-state index contributed by atoms with van der Waals surface area (Å²) in [7, 11) is 0. The fourth-order valence-corrected chi connectivity index (χ4v) is 3.82. The van der Waals surface area contributed by atoms with Crippen LogP contribution in [0.15, 0.2) is 66.7 Å². The first-order valence-electron chi connectivity index (χ1n) is 9.82. The first-order valence-corrected chi connectivity index (χ1v) is 9.82. The van der Waals surface area contributed by atoms with Crippen molar-refractivity contribution in [3.8, 4) is 5.75 Å². The van der Waals surface area contributed by atoms with E-state index in [-0.39, 0.29) is 12.4 Å². The van der Waals surface area contributed by atoms with Crippen LogP contribution in [-0.4, -0.2) is 50.5 Å². The van der Waals surface area contributed by atoms with Crippen molar-refractivity contribution in [3.05, 3.63) is 72.5 Å². The highest BCUT2D eigenvalue weighted by Gasteiger charge is 2.24. The number of para-hydroxylation sites is 1. The zero-order valence-corrected chi connectivity index (χ0v) is 15.9. The fourth-order valence-electron chi connectivity index (χ4n) is 3.82. The van der Waals surface area contributed by atoms with E-state index in [2.05, 4.69) is 17.0 Å². The molecule has 1 aliphatic rings. The molecule has 0 aliphatic carbocycles. The summed E-state index contributed by atoms with van der Waals surface area (Å²) in [5.41, 5.74) is 0.668. The Hall–Kier alpha value is -2.63. The molecule has 5 heteroatoms. The van der Waals surface area contributed by atoms with Gasteiger partial charge in [0.15, 0.2) is 0 Å². The monoisotopic (exact) mass is 381 g/mol. The maximum absolute atomic E-state index is 13.9. The molecular weight excluding hydrogens is 355 g/mol. The lowest BCUT2D eigenvalue weighted by Gasteiger charge is -2.34. The zero-order chi connectivity index (χ0) is 19.3. The van der Waals surface area contributed by atoms with Gasteiger partial charge in [-0.25, -0.2) is 4.39 Å². The quantitative estimate of drug-likeness (QED) is 0.687. The number of benzene rings is 3. The Kier molecular flexibility index (Phi) is 5.74. The lowest BCUT2D eigenvalue weighted by Crippen LogP contribution is -3.16. The molecule has 0 radical (unpaired) electrons. The van der Waals surface area contributed by atoms with E-state index < -0.39 is 6.10 Å². The third kappa shape index (κ3) is 4.43. The van der Waals surface area contributed by atoms with Gasteiger partial charge in [-0.1, -0.05) is 42.5 Å². The van der Waals surface area contributed by atoms with Gasteiger partial charge in [-0.3, -0.25) is 0 Å². The van der Waals surface area contributed by atoms with Gasteiger partial charge in [0, 0.05) is 0 Å². The Morgan fingerprint density at radius 1 is 0.964 bits per heavy atom. The maximum Gasteiger partial charge on any atom is 0.146 e. The van der Waals surface area contributed by atoms with Gasteiger partial charge >= 0.3 is 0 Å². The SMILES string of the molecule is O[C@@H](COc1ccc2ccccc2c1)C[NH+]1CCN(c2ccccc2F)CC1. The highest BCUT2D eigenvalue weighted by atomic mass is 19.1. The van der Waals surface area contributed by atoms with E-state index in [0.29, 0.717) is 12.2 Å². The van der Waals surface area contributed by atoms with E-state index in [0.717, 1.165) is 37.3 Å². The van der Waals surface area contributed by atoms with E-state index >= 15 is 0 Å². The molecule has 0 unspecified atom stereocenters. The molecule has 3 aromatic carbocycles. The van der Waals surface area contributed by atoms with Crippen LogP contribution in [0.25, 0.3) is 10.8 Å². The largest absolute Gasteiger partial charge is 0.491 e. The Morgan fingerprint density at radius 2 is 1.68 bits per heavy atom. The Morgan fingerprint density at radius 3 is 2.46 bits per heavy atom. The van der Waals surface area contributed by atoms with Crippen molar-refractivity contribution in [3.63, 3.8) is 0 Å². The second kappa shape index (κ2) is 8.59. The lowest BCUT2D eigenvalue weighted by atomic mass is 10.1. The molecule has 0 spiro atoms. The molecule has 3 aromatic rings. The van der Waals surface area contributed by atoms with Crippen molar-refractivity contribution in [2.45, 2.75) is 6.10 Å². The predicted molar refractivity (Wildman–Crippen MR) is 110 cm³/mol. The molecule has 0 amide bonds. The standard InChI is InChI=1S/C23H25FN2O2/c24-22-7-3-4-8-23(22)26-13-11-25(12-14-26)16-20(27)17-28-21-10-9-18-5-1-2-6-19(18)15-21/h1-10,15,20,27H,11-14,16-17H2/p+1/t20-/m1/s1. The number of rotatable bonds is 6. The smallest absolute Gasteiger partial charge is 0.146 e. The van der Waals surface area contributed by atoms with E-state index in [1.54, 1.807) is 6.07 Å². The van der Waals surface area contributed by atoms with Crippen LogP contribution < -0.4 is 14.5 Å². The van der Waals surface area contributed by atoms with Crippen LogP contribution in [0.1, 0.15) is 0 Å². The number of hydrogen-bond donors (Lipinski definition) is 2. The molecule has 0 saturated carbocycles. The van der Waals surface area contributed by atoms with Gasteiger partial charge < -0.3 is 19.6 Å². The molecule has 1 fully saturated rings. The van der Waals surface area contributed by atoms with Gasteiger partial charge in [0.25, 0.3) is 0 Å². The average Bonchev–Trinajstić information content (AvgIpc) is 2.73. The van der Waals surface area contributed by atoms with E-state index in [1.807, 2.05) is 42.5 Å². The van der Waals surface area contributed by atoms with Crippen molar-refractivity contribution >= 4 is 16.5 Å². The van der Waals surface area contributed by atoms with E-state index in [1.165, 1.54) is 16.4 Å². The highest BCUT2D eigenvalue weighted by Crippen LogP contribution is 2.21. The van der Waals surface area contributed by atoms with Crippen LogP contribution in [0.2, 0.25) is 0 Å². The molecule has 0 bridgehead atoms. The minimum absolute atomic E-state index is 0.172. The molecule has 1 saturated heterocycles. The summed E-state index contributed by atoms with van der Waals surface area (Å²) < 4.78 is 19.7. The molecule has 0 aromatic heterocycles. The molecule has 1 heterocycles. The van der Waals surface area contributed by atoms with Crippen molar-refractivity contribution < 1.29 is 19.1 Å². The summed E-state index contributed by atoms with van der Waals surface area (Å²) in [5.74, 6) is 0.604. The van der Waals surface area contributed by atoms with Crippen LogP contribution >= 0.6 is 0 Å². The number of aliphatic hydroxyl groups is 1. The minimum atomic E-state index is -0.526. The number of piperazine rings is 1. The number of halogens is 1. The third-order valence-electron chi connectivity index (χ3n) is 5.35. The molecule has 28 heavy (non-hydrogen) atoms. The summed E-state index contributed by atoms with van der Waals surface area (Å²) in [5, 5.41) is 12.7. The van der Waals surface area contributed by atoms with Crippen molar-refractivity contribution in [2.75, 3.05) is 44.2 Å². The van der Waals surface area contributed by atoms with Crippen molar-refractivity contribution in [2.24, 2.45) is 0 Å². The van der Waals surface area contributed by atoms with E-state index in [4.69, 9.17) is 4.74 Å². The molecular formula is C23H26FN2O2+. The summed E-state index contributed by atoms with van der Waals surface area (Å²) in [6.45, 7) is 4.24. The van der Waals surface area contributed by atoms with Crippen LogP contribution in [0.4, 0.5) is 10.1 Å². The molecule has 146 valence electrons. The molecule has 4 nitrogen and oxygen atoms in total. The van der Waals surface area contributed by atoms with Gasteiger partial charge in [0.05, 0.1) is 31.9 Å². The number of aliphatic hydroxyl groups excluding tert-OH is 1.